The number of halogens is 1. The maximum atomic E-state index is 4.19. The first kappa shape index (κ1) is 14.4. The molecule has 0 unspecified atom stereocenters. The van der Waals surface area contributed by atoms with Gasteiger partial charge in [-0.1, -0.05) is 45.5 Å². The lowest BCUT2D eigenvalue weighted by atomic mass is 10.2. The summed E-state index contributed by atoms with van der Waals surface area (Å²) in [7, 11) is 2.09. The molecule has 1 heterocycles. The van der Waals surface area contributed by atoms with Gasteiger partial charge in [-0.05, 0) is 25.6 Å². The Balaban J connectivity index is 1.93. The third kappa shape index (κ3) is 4.26. The number of aromatic nitrogens is 2. The predicted molar refractivity (Wildman–Crippen MR) is 83.4 cm³/mol. The molecule has 0 aliphatic heterocycles. The molecular weight excluding hydrogens is 324 g/mol. The Bertz CT molecular complexity index is 529. The standard InChI is InChI=1S/C13H17BrN4S/c1-3-15-13-17-16-12(19-13)9-18(2)8-10-6-4-5-7-11(10)14/h4-7H,3,8-9H2,1-2H3,(H,15,17). The van der Waals surface area contributed by atoms with Crippen molar-refractivity contribution in [2.24, 2.45) is 0 Å². The maximum absolute atomic E-state index is 4.19. The van der Waals surface area contributed by atoms with Crippen molar-refractivity contribution in [1.29, 1.82) is 0 Å². The highest BCUT2D eigenvalue weighted by Gasteiger charge is 2.08. The summed E-state index contributed by atoms with van der Waals surface area (Å²) >= 11 is 5.19. The zero-order valence-electron chi connectivity index (χ0n) is 11.1. The van der Waals surface area contributed by atoms with Crippen molar-refractivity contribution in [3.8, 4) is 0 Å². The summed E-state index contributed by atoms with van der Waals surface area (Å²) in [5.74, 6) is 0. The molecule has 1 aromatic heterocycles. The van der Waals surface area contributed by atoms with Crippen LogP contribution in [-0.4, -0.2) is 28.7 Å². The van der Waals surface area contributed by atoms with E-state index >= 15 is 0 Å². The van der Waals surface area contributed by atoms with Crippen molar-refractivity contribution in [2.75, 3.05) is 18.9 Å². The van der Waals surface area contributed by atoms with Gasteiger partial charge in [0.1, 0.15) is 5.01 Å². The van der Waals surface area contributed by atoms with Crippen LogP contribution in [0.1, 0.15) is 17.5 Å². The minimum absolute atomic E-state index is 0.810. The summed E-state index contributed by atoms with van der Waals surface area (Å²) in [6.45, 7) is 4.63. The molecular formula is C13H17BrN4S. The number of nitrogens with zero attached hydrogens (tertiary/aromatic N) is 3. The minimum atomic E-state index is 0.810. The van der Waals surface area contributed by atoms with E-state index in [-0.39, 0.29) is 0 Å². The lowest BCUT2D eigenvalue weighted by molar-refractivity contribution is 0.317. The molecule has 6 heteroatoms. The fourth-order valence-electron chi connectivity index (χ4n) is 1.74. The smallest absolute Gasteiger partial charge is 0.205 e. The van der Waals surface area contributed by atoms with Crippen LogP contribution >= 0.6 is 27.3 Å². The Morgan fingerprint density at radius 1 is 1.26 bits per heavy atom. The van der Waals surface area contributed by atoms with Gasteiger partial charge in [-0.3, -0.25) is 4.90 Å². The molecule has 0 atom stereocenters. The summed E-state index contributed by atoms with van der Waals surface area (Å²) in [4.78, 5) is 2.23. The Morgan fingerprint density at radius 2 is 2.05 bits per heavy atom. The molecule has 19 heavy (non-hydrogen) atoms. The summed E-state index contributed by atoms with van der Waals surface area (Å²) in [6, 6.07) is 8.28. The molecule has 0 aliphatic carbocycles. The van der Waals surface area contributed by atoms with Crippen molar-refractivity contribution < 1.29 is 0 Å². The maximum Gasteiger partial charge on any atom is 0.205 e. The van der Waals surface area contributed by atoms with E-state index < -0.39 is 0 Å². The molecule has 0 bridgehead atoms. The van der Waals surface area contributed by atoms with Crippen molar-refractivity contribution in [1.82, 2.24) is 15.1 Å². The average Bonchev–Trinajstić information content (AvgIpc) is 2.80. The fraction of sp³-hybridized carbons (Fsp3) is 0.385. The number of rotatable bonds is 6. The number of benzene rings is 1. The molecule has 2 aromatic rings. The van der Waals surface area contributed by atoms with Crippen LogP contribution in [0.25, 0.3) is 0 Å². The van der Waals surface area contributed by atoms with Crippen LogP contribution in [0, 0.1) is 0 Å². The Labute approximate surface area is 126 Å². The SMILES string of the molecule is CCNc1nnc(CN(C)Cc2ccccc2Br)s1. The first-order chi connectivity index (χ1) is 9.19. The molecule has 0 radical (unpaired) electrons. The summed E-state index contributed by atoms with van der Waals surface area (Å²) in [5, 5.41) is 13.4. The van der Waals surface area contributed by atoms with Gasteiger partial charge >= 0.3 is 0 Å². The van der Waals surface area contributed by atoms with Gasteiger partial charge in [-0.2, -0.15) is 0 Å². The van der Waals surface area contributed by atoms with Crippen LogP contribution in [0.15, 0.2) is 28.7 Å². The molecule has 1 aromatic carbocycles. The van der Waals surface area contributed by atoms with E-state index in [0.29, 0.717) is 0 Å². The topological polar surface area (TPSA) is 41.1 Å². The Morgan fingerprint density at radius 3 is 2.79 bits per heavy atom. The molecule has 0 spiro atoms. The molecule has 102 valence electrons. The minimum Gasteiger partial charge on any atom is -0.360 e. The third-order valence-electron chi connectivity index (χ3n) is 2.60. The second-order valence-electron chi connectivity index (χ2n) is 4.29. The zero-order valence-corrected chi connectivity index (χ0v) is 13.5. The van der Waals surface area contributed by atoms with Crippen molar-refractivity contribution in [2.45, 2.75) is 20.0 Å². The molecule has 0 aliphatic rings. The first-order valence-electron chi connectivity index (χ1n) is 6.17. The summed E-state index contributed by atoms with van der Waals surface area (Å²) in [6.07, 6.45) is 0. The van der Waals surface area contributed by atoms with E-state index in [9.17, 15) is 0 Å². The van der Waals surface area contributed by atoms with Crippen LogP contribution in [0.3, 0.4) is 0 Å². The molecule has 2 rings (SSSR count). The van der Waals surface area contributed by atoms with Crippen molar-refractivity contribution in [3.05, 3.63) is 39.3 Å². The zero-order chi connectivity index (χ0) is 13.7. The van der Waals surface area contributed by atoms with Gasteiger partial charge in [0.2, 0.25) is 5.13 Å². The van der Waals surface area contributed by atoms with E-state index in [1.807, 2.05) is 6.07 Å². The van der Waals surface area contributed by atoms with Gasteiger partial charge < -0.3 is 5.32 Å². The van der Waals surface area contributed by atoms with Crippen LogP contribution in [0.4, 0.5) is 5.13 Å². The summed E-state index contributed by atoms with van der Waals surface area (Å²) in [5.41, 5.74) is 1.28. The van der Waals surface area contributed by atoms with Gasteiger partial charge in [0, 0.05) is 17.6 Å². The van der Waals surface area contributed by atoms with Crippen LogP contribution in [0.2, 0.25) is 0 Å². The van der Waals surface area contributed by atoms with Crippen molar-refractivity contribution in [3.63, 3.8) is 0 Å². The molecule has 4 nitrogen and oxygen atoms in total. The lowest BCUT2D eigenvalue weighted by Gasteiger charge is -2.15. The Kier molecular flexibility index (Phi) is 5.30. The average molecular weight is 341 g/mol. The van der Waals surface area contributed by atoms with Crippen LogP contribution < -0.4 is 5.32 Å². The van der Waals surface area contributed by atoms with Gasteiger partial charge in [0.15, 0.2) is 0 Å². The fourth-order valence-corrected chi connectivity index (χ4v) is 3.04. The second kappa shape index (κ2) is 6.98. The van der Waals surface area contributed by atoms with E-state index in [2.05, 4.69) is 68.5 Å². The second-order valence-corrected chi connectivity index (χ2v) is 6.21. The third-order valence-corrected chi connectivity index (χ3v) is 4.24. The first-order valence-corrected chi connectivity index (χ1v) is 7.78. The number of anilines is 1. The highest BCUT2D eigenvalue weighted by Crippen LogP contribution is 2.20. The van der Waals surface area contributed by atoms with E-state index in [1.165, 1.54) is 5.56 Å². The highest BCUT2D eigenvalue weighted by atomic mass is 79.9. The molecule has 0 saturated carbocycles. The van der Waals surface area contributed by atoms with Gasteiger partial charge in [0.05, 0.1) is 6.54 Å². The number of hydrogen-bond donors (Lipinski definition) is 1. The monoisotopic (exact) mass is 340 g/mol. The normalized spacial score (nSPS) is 10.9. The largest absolute Gasteiger partial charge is 0.360 e. The molecule has 1 N–H and O–H groups in total. The number of nitrogens with one attached hydrogen (secondary N) is 1. The lowest BCUT2D eigenvalue weighted by Crippen LogP contribution is -2.17. The summed E-state index contributed by atoms with van der Waals surface area (Å²) < 4.78 is 1.15. The van der Waals surface area contributed by atoms with Gasteiger partial charge in [-0.25, -0.2) is 0 Å². The van der Waals surface area contributed by atoms with E-state index in [0.717, 1.165) is 34.2 Å². The van der Waals surface area contributed by atoms with E-state index in [4.69, 9.17) is 0 Å². The van der Waals surface area contributed by atoms with Gasteiger partial charge in [-0.15, -0.1) is 10.2 Å². The van der Waals surface area contributed by atoms with Crippen LogP contribution in [-0.2, 0) is 13.1 Å². The highest BCUT2D eigenvalue weighted by molar-refractivity contribution is 9.10. The van der Waals surface area contributed by atoms with Crippen molar-refractivity contribution >= 4 is 32.4 Å². The number of hydrogen-bond acceptors (Lipinski definition) is 5. The Hall–Kier alpha value is -0.980. The van der Waals surface area contributed by atoms with E-state index in [1.54, 1.807) is 11.3 Å². The van der Waals surface area contributed by atoms with Gasteiger partial charge in [0.25, 0.3) is 0 Å². The quantitative estimate of drug-likeness (QED) is 0.875. The molecule has 0 fully saturated rings. The molecule has 0 amide bonds. The predicted octanol–water partition coefficient (Wildman–Crippen LogP) is 3.36. The van der Waals surface area contributed by atoms with Crippen LogP contribution in [0.5, 0.6) is 0 Å². The molecule has 0 saturated heterocycles.